The molecule has 1 aliphatic rings. The molecule has 3 rings (SSSR count). The van der Waals surface area contributed by atoms with Gasteiger partial charge in [0.05, 0.1) is 43.0 Å². The molecule has 2 aromatic rings. The summed E-state index contributed by atoms with van der Waals surface area (Å²) in [6.45, 7) is 1.71. The largest absolute Gasteiger partial charge is 0.394 e. The molecule has 0 aliphatic carbocycles. The van der Waals surface area contributed by atoms with Crippen LogP contribution in [0.4, 0.5) is 0 Å². The van der Waals surface area contributed by atoms with Gasteiger partial charge in [-0.05, 0) is 30.9 Å². The summed E-state index contributed by atoms with van der Waals surface area (Å²) in [7, 11) is 2.69. The fraction of sp³-hybridized carbons (Fsp3) is 0.543. The molecule has 0 aromatic heterocycles. The van der Waals surface area contributed by atoms with E-state index in [1.165, 1.54) is 28.5 Å². The van der Waals surface area contributed by atoms with Gasteiger partial charge in [-0.15, -0.1) is 0 Å². The monoisotopic (exact) mass is 747 g/mol. The third-order valence-corrected chi connectivity index (χ3v) is 11.0. The molecule has 282 valence electrons. The van der Waals surface area contributed by atoms with E-state index in [2.05, 4.69) is 26.6 Å². The molecule has 2 aromatic carbocycles. The third kappa shape index (κ3) is 14.7. The zero-order valence-corrected chi connectivity index (χ0v) is 30.5. The Bertz CT molecular complexity index is 1360. The van der Waals surface area contributed by atoms with Crippen molar-refractivity contribution in [3.05, 3.63) is 71.8 Å². The van der Waals surface area contributed by atoms with Gasteiger partial charge in [-0.1, -0.05) is 82.3 Å². The van der Waals surface area contributed by atoms with E-state index in [4.69, 9.17) is 11.5 Å². The van der Waals surface area contributed by atoms with Crippen LogP contribution in [0, 0.1) is 0 Å². The van der Waals surface area contributed by atoms with Gasteiger partial charge in [0.2, 0.25) is 23.6 Å². The molecule has 0 saturated carbocycles. The van der Waals surface area contributed by atoms with Crippen LogP contribution >= 0.6 is 21.6 Å². The van der Waals surface area contributed by atoms with Crippen molar-refractivity contribution in [2.75, 3.05) is 31.2 Å². The maximum Gasteiger partial charge on any atom is 0.243 e. The van der Waals surface area contributed by atoms with Crippen molar-refractivity contribution >= 4 is 45.2 Å². The van der Waals surface area contributed by atoms with Crippen LogP contribution < -0.4 is 38.1 Å². The van der Waals surface area contributed by atoms with E-state index >= 15 is 0 Å². The van der Waals surface area contributed by atoms with Gasteiger partial charge < -0.3 is 53.4 Å². The zero-order valence-electron chi connectivity index (χ0n) is 28.9. The Morgan fingerprint density at radius 3 is 2.12 bits per heavy atom. The number of nitrogens with one attached hydrogen (secondary N) is 5. The van der Waals surface area contributed by atoms with Crippen molar-refractivity contribution in [3.8, 4) is 0 Å². The number of aliphatic hydroxyl groups excluding tert-OH is 3. The third-order valence-electron chi connectivity index (χ3n) is 8.48. The maximum atomic E-state index is 13.9. The first kappa shape index (κ1) is 42.2. The number of benzene rings is 2. The minimum absolute atomic E-state index is 0.0543. The summed E-state index contributed by atoms with van der Waals surface area (Å²) in [5, 5.41) is 44.9. The lowest BCUT2D eigenvalue weighted by atomic mass is 9.84. The summed E-state index contributed by atoms with van der Waals surface area (Å²) in [4.78, 5) is 51.3. The second-order valence-electron chi connectivity index (χ2n) is 12.6. The van der Waals surface area contributed by atoms with Gasteiger partial charge >= 0.3 is 0 Å². The molecule has 1 fully saturated rings. The number of hydrogen-bond acceptors (Lipinski definition) is 12. The van der Waals surface area contributed by atoms with E-state index in [1.807, 2.05) is 60.7 Å². The standard InChI is InChI=1S/C35H53N7O7S2/c1-22(44)28(19-43)41-34(48)25(37)20-50-51-21-29(32-33(47)26(40-32)17-23-9-4-2-5-10-23)42-35(49)27(18-24-11-6-3-7-12-24)39-31(46)14-8-13-30(45)38-16-15-36/h2-7,9-12,22,25-29,32-33,40,43-44,47H,8,13-21,36-37H2,1H3,(H,38,45)(H,39,46)(H,41,48)(H,42,49)/t22-,25+,26?,27-,28-,29+,32?,33?/m1/s1. The minimum atomic E-state index is -0.951. The molecule has 14 nitrogen and oxygen atoms in total. The van der Waals surface area contributed by atoms with Crippen molar-refractivity contribution in [2.24, 2.45) is 11.5 Å². The van der Waals surface area contributed by atoms with Crippen LogP contribution in [0.25, 0.3) is 0 Å². The van der Waals surface area contributed by atoms with Crippen molar-refractivity contribution in [2.45, 2.75) is 87.5 Å². The van der Waals surface area contributed by atoms with Crippen LogP contribution in [0.3, 0.4) is 0 Å². The van der Waals surface area contributed by atoms with Gasteiger partial charge in [0.1, 0.15) is 6.04 Å². The maximum absolute atomic E-state index is 13.9. The van der Waals surface area contributed by atoms with Crippen LogP contribution in [0.1, 0.15) is 37.3 Å². The second-order valence-corrected chi connectivity index (χ2v) is 15.2. The Hall–Kier alpha value is -3.22. The molecule has 3 unspecified atom stereocenters. The van der Waals surface area contributed by atoms with Crippen molar-refractivity contribution in [1.82, 2.24) is 26.6 Å². The molecular weight excluding hydrogens is 695 g/mol. The van der Waals surface area contributed by atoms with Gasteiger partial charge in [-0.3, -0.25) is 19.2 Å². The highest BCUT2D eigenvalue weighted by molar-refractivity contribution is 8.76. The lowest BCUT2D eigenvalue weighted by Crippen LogP contribution is -2.73. The Balaban J connectivity index is 1.66. The highest BCUT2D eigenvalue weighted by atomic mass is 33.1. The molecule has 16 heteroatoms. The fourth-order valence-electron chi connectivity index (χ4n) is 5.46. The Morgan fingerprint density at radius 1 is 0.882 bits per heavy atom. The van der Waals surface area contributed by atoms with Crippen LogP contribution in [0.15, 0.2) is 60.7 Å². The van der Waals surface area contributed by atoms with E-state index in [0.29, 0.717) is 31.7 Å². The van der Waals surface area contributed by atoms with Crippen LogP contribution in [-0.4, -0.2) is 119 Å². The molecule has 0 spiro atoms. The quantitative estimate of drug-likeness (QED) is 0.0484. The average Bonchev–Trinajstić information content (AvgIpc) is 3.12. The molecule has 0 bridgehead atoms. The SMILES string of the molecule is C[C@@H](O)[C@@H](CO)NC(=O)[C@@H](N)CSSC[C@H](NC(=O)[C@@H](Cc1ccccc1)NC(=O)CCCC(=O)NCCN)C1NC(Cc2ccccc2)C1O. The normalized spacial score (nSPS) is 19.8. The molecule has 51 heavy (non-hydrogen) atoms. The summed E-state index contributed by atoms with van der Waals surface area (Å²) in [6.07, 6.45) is -0.373. The number of carbonyl (C=O) groups is 4. The molecule has 1 saturated heterocycles. The first-order valence-electron chi connectivity index (χ1n) is 17.2. The van der Waals surface area contributed by atoms with E-state index in [1.54, 1.807) is 0 Å². The molecule has 12 N–H and O–H groups in total. The fourth-order valence-corrected chi connectivity index (χ4v) is 7.84. The van der Waals surface area contributed by atoms with Gasteiger partial charge in [-0.25, -0.2) is 0 Å². The van der Waals surface area contributed by atoms with Crippen molar-refractivity contribution in [3.63, 3.8) is 0 Å². The number of amides is 4. The van der Waals surface area contributed by atoms with E-state index in [9.17, 15) is 34.5 Å². The number of nitrogens with two attached hydrogens (primary N) is 2. The number of aliphatic hydroxyl groups is 3. The molecule has 0 radical (unpaired) electrons. The summed E-state index contributed by atoms with van der Waals surface area (Å²) in [6, 6.07) is 15.1. The van der Waals surface area contributed by atoms with E-state index < -0.39 is 60.8 Å². The molecule has 1 aliphatic heterocycles. The molecule has 1 heterocycles. The number of carbonyl (C=O) groups excluding carboxylic acids is 4. The first-order valence-corrected chi connectivity index (χ1v) is 19.7. The molecule has 4 amide bonds. The minimum Gasteiger partial charge on any atom is -0.394 e. The number of rotatable bonds is 23. The van der Waals surface area contributed by atoms with Crippen molar-refractivity contribution < 1.29 is 34.5 Å². The lowest BCUT2D eigenvalue weighted by Gasteiger charge is -2.47. The van der Waals surface area contributed by atoms with Gasteiger partial charge in [-0.2, -0.15) is 0 Å². The average molecular weight is 748 g/mol. The lowest BCUT2D eigenvalue weighted by molar-refractivity contribution is -0.130. The predicted molar refractivity (Wildman–Crippen MR) is 200 cm³/mol. The van der Waals surface area contributed by atoms with Crippen LogP contribution in [0.2, 0.25) is 0 Å². The topological polar surface area (TPSA) is 241 Å². The van der Waals surface area contributed by atoms with Gasteiger partial charge in [0.25, 0.3) is 0 Å². The van der Waals surface area contributed by atoms with Crippen LogP contribution in [-0.2, 0) is 32.0 Å². The smallest absolute Gasteiger partial charge is 0.243 e. The Labute approximate surface area is 307 Å². The Morgan fingerprint density at radius 2 is 1.51 bits per heavy atom. The van der Waals surface area contributed by atoms with Crippen molar-refractivity contribution in [1.29, 1.82) is 0 Å². The first-order chi connectivity index (χ1) is 24.5. The van der Waals surface area contributed by atoms with E-state index in [0.717, 1.165) is 11.1 Å². The second kappa shape index (κ2) is 22.7. The summed E-state index contributed by atoms with van der Waals surface area (Å²) in [5.74, 6) is -0.942. The number of hydrogen-bond donors (Lipinski definition) is 10. The molecule has 8 atom stereocenters. The van der Waals surface area contributed by atoms with Crippen LogP contribution in [0.5, 0.6) is 0 Å². The molecular formula is C35H53N7O7S2. The summed E-state index contributed by atoms with van der Waals surface area (Å²) in [5.41, 5.74) is 13.4. The highest BCUT2D eigenvalue weighted by Gasteiger charge is 2.44. The van der Waals surface area contributed by atoms with E-state index in [-0.39, 0.29) is 42.9 Å². The summed E-state index contributed by atoms with van der Waals surface area (Å²) >= 11 is 0. The van der Waals surface area contributed by atoms with Gasteiger partial charge in [0.15, 0.2) is 0 Å². The van der Waals surface area contributed by atoms with Gasteiger partial charge in [0, 0.05) is 49.9 Å². The zero-order chi connectivity index (χ0) is 37.2. The highest BCUT2D eigenvalue weighted by Crippen LogP contribution is 2.28. The predicted octanol–water partition coefficient (Wildman–Crippen LogP) is -1.05. The Kier molecular flexibility index (Phi) is 18.7. The summed E-state index contributed by atoms with van der Waals surface area (Å²) < 4.78 is 0.